The third kappa shape index (κ3) is 2.81. The highest BCUT2D eigenvalue weighted by Gasteiger charge is 2.26. The minimum atomic E-state index is 0.292. The van der Waals surface area contributed by atoms with Gasteiger partial charge in [-0.2, -0.15) is 0 Å². The van der Waals surface area contributed by atoms with Crippen molar-refractivity contribution in [3.8, 4) is 0 Å². The van der Waals surface area contributed by atoms with Crippen LogP contribution in [0.15, 0.2) is 29.0 Å². The zero-order chi connectivity index (χ0) is 13.1. The van der Waals surface area contributed by atoms with Crippen LogP contribution >= 0.6 is 0 Å². The maximum absolute atomic E-state index is 5.32. The number of likely N-dealkylation sites (tertiary alicyclic amines) is 1. The lowest BCUT2D eigenvalue weighted by Crippen LogP contribution is -2.33. The molecule has 3 rings (SSSR count). The first kappa shape index (κ1) is 12.3. The Morgan fingerprint density at radius 2 is 2.16 bits per heavy atom. The molecular weight excluding hydrogens is 240 g/mol. The van der Waals surface area contributed by atoms with E-state index < -0.39 is 0 Å². The predicted octanol–water partition coefficient (Wildman–Crippen LogP) is 2.50. The number of aromatic nitrogens is 3. The van der Waals surface area contributed by atoms with Gasteiger partial charge in [-0.1, -0.05) is 11.6 Å². The third-order valence-electron chi connectivity index (χ3n) is 3.53. The molecule has 1 unspecified atom stereocenters. The number of piperidine rings is 1. The number of hydrogen-bond acceptors (Lipinski definition) is 5. The van der Waals surface area contributed by atoms with Crippen LogP contribution in [0.2, 0.25) is 0 Å². The minimum absolute atomic E-state index is 0.292. The van der Waals surface area contributed by atoms with Gasteiger partial charge in [-0.05, 0) is 32.4 Å². The molecule has 3 heterocycles. The average Bonchev–Trinajstić information content (AvgIpc) is 2.86. The molecule has 1 aliphatic heterocycles. The molecule has 5 heteroatoms. The molecule has 5 nitrogen and oxygen atoms in total. The smallest absolute Gasteiger partial charge is 0.150 e. The molecule has 0 N–H and O–H groups in total. The largest absolute Gasteiger partial charge is 0.360 e. The minimum Gasteiger partial charge on any atom is -0.360 e. The van der Waals surface area contributed by atoms with Crippen molar-refractivity contribution in [3.63, 3.8) is 0 Å². The molecule has 0 saturated carbocycles. The Bertz CT molecular complexity index is 525. The van der Waals surface area contributed by atoms with E-state index in [0.717, 1.165) is 36.8 Å². The van der Waals surface area contributed by atoms with Crippen molar-refractivity contribution in [1.29, 1.82) is 0 Å². The molecule has 1 fully saturated rings. The van der Waals surface area contributed by atoms with E-state index in [4.69, 9.17) is 4.52 Å². The van der Waals surface area contributed by atoms with Crippen molar-refractivity contribution in [2.75, 3.05) is 6.54 Å². The van der Waals surface area contributed by atoms with Crippen LogP contribution in [0.5, 0.6) is 0 Å². The molecule has 0 bridgehead atoms. The summed E-state index contributed by atoms with van der Waals surface area (Å²) in [7, 11) is 0. The number of aryl methyl sites for hydroxylation is 1. The lowest BCUT2D eigenvalue weighted by atomic mass is 10.0. The molecule has 2 aromatic rings. The Morgan fingerprint density at radius 3 is 2.89 bits per heavy atom. The van der Waals surface area contributed by atoms with E-state index in [1.807, 2.05) is 31.5 Å². The second kappa shape index (κ2) is 5.48. The first-order valence-corrected chi connectivity index (χ1v) is 6.76. The monoisotopic (exact) mass is 258 g/mol. The van der Waals surface area contributed by atoms with E-state index in [9.17, 15) is 0 Å². The summed E-state index contributed by atoms with van der Waals surface area (Å²) in [6.07, 6.45) is 7.18. The van der Waals surface area contributed by atoms with Crippen molar-refractivity contribution in [3.05, 3.63) is 41.8 Å². The van der Waals surface area contributed by atoms with Crippen LogP contribution in [-0.2, 0) is 6.54 Å². The molecule has 1 atom stereocenters. The van der Waals surface area contributed by atoms with Gasteiger partial charge >= 0.3 is 0 Å². The Labute approximate surface area is 112 Å². The van der Waals surface area contributed by atoms with Gasteiger partial charge in [0.25, 0.3) is 0 Å². The van der Waals surface area contributed by atoms with Gasteiger partial charge in [0.05, 0.1) is 18.3 Å². The van der Waals surface area contributed by atoms with Crippen LogP contribution in [0.3, 0.4) is 0 Å². The van der Waals surface area contributed by atoms with E-state index >= 15 is 0 Å². The highest BCUT2D eigenvalue weighted by Crippen LogP contribution is 2.29. The SMILES string of the molecule is Cc1cc(CN2CCCCC2c2ncccn2)on1. The molecule has 100 valence electrons. The fraction of sp³-hybridized carbons (Fsp3) is 0.500. The summed E-state index contributed by atoms with van der Waals surface area (Å²) < 4.78 is 5.32. The molecule has 0 aromatic carbocycles. The van der Waals surface area contributed by atoms with Crippen LogP contribution in [0.1, 0.15) is 42.6 Å². The standard InChI is InChI=1S/C14H18N4O/c1-11-9-12(19-17-11)10-18-8-3-2-5-13(18)14-15-6-4-7-16-14/h4,6-7,9,13H,2-3,5,8,10H2,1H3. The van der Waals surface area contributed by atoms with E-state index in [1.165, 1.54) is 12.8 Å². The van der Waals surface area contributed by atoms with Crippen molar-refractivity contribution in [2.24, 2.45) is 0 Å². The fourth-order valence-electron chi connectivity index (χ4n) is 2.65. The Hall–Kier alpha value is -1.75. The van der Waals surface area contributed by atoms with Gasteiger partial charge in [-0.25, -0.2) is 9.97 Å². The third-order valence-corrected chi connectivity index (χ3v) is 3.53. The zero-order valence-electron chi connectivity index (χ0n) is 11.1. The second-order valence-corrected chi connectivity index (χ2v) is 5.02. The second-order valence-electron chi connectivity index (χ2n) is 5.02. The Kier molecular flexibility index (Phi) is 3.55. The summed E-state index contributed by atoms with van der Waals surface area (Å²) >= 11 is 0. The lowest BCUT2D eigenvalue weighted by Gasteiger charge is -2.33. The van der Waals surface area contributed by atoms with Crippen LogP contribution in [0, 0.1) is 6.92 Å². The van der Waals surface area contributed by atoms with Crippen molar-refractivity contribution in [2.45, 2.75) is 38.8 Å². The van der Waals surface area contributed by atoms with Gasteiger partial charge < -0.3 is 4.52 Å². The van der Waals surface area contributed by atoms with Crippen molar-refractivity contribution < 1.29 is 4.52 Å². The summed E-state index contributed by atoms with van der Waals surface area (Å²) in [4.78, 5) is 11.2. The highest BCUT2D eigenvalue weighted by atomic mass is 16.5. The molecule has 0 radical (unpaired) electrons. The van der Waals surface area contributed by atoms with Gasteiger partial charge in [-0.3, -0.25) is 4.90 Å². The van der Waals surface area contributed by atoms with E-state index in [1.54, 1.807) is 0 Å². The summed E-state index contributed by atoms with van der Waals surface area (Å²) in [5.41, 5.74) is 0.930. The first-order valence-electron chi connectivity index (χ1n) is 6.76. The number of hydrogen-bond donors (Lipinski definition) is 0. The molecule has 2 aromatic heterocycles. The summed E-state index contributed by atoms with van der Waals surface area (Å²) in [5.74, 6) is 1.83. The topological polar surface area (TPSA) is 55.1 Å². The summed E-state index contributed by atoms with van der Waals surface area (Å²) in [6.45, 7) is 3.79. The molecule has 1 saturated heterocycles. The number of nitrogens with zero attached hydrogens (tertiary/aromatic N) is 4. The predicted molar refractivity (Wildman–Crippen MR) is 70.3 cm³/mol. The first-order chi connectivity index (χ1) is 9.33. The molecule has 0 aliphatic carbocycles. The summed E-state index contributed by atoms with van der Waals surface area (Å²) in [6, 6.07) is 4.15. The number of rotatable bonds is 3. The molecule has 19 heavy (non-hydrogen) atoms. The average molecular weight is 258 g/mol. The summed E-state index contributed by atoms with van der Waals surface area (Å²) in [5, 5.41) is 3.95. The van der Waals surface area contributed by atoms with Crippen molar-refractivity contribution >= 4 is 0 Å². The Balaban J connectivity index is 1.77. The van der Waals surface area contributed by atoms with Crippen LogP contribution in [-0.4, -0.2) is 26.6 Å². The van der Waals surface area contributed by atoms with Crippen molar-refractivity contribution in [1.82, 2.24) is 20.0 Å². The highest BCUT2D eigenvalue weighted by molar-refractivity contribution is 5.05. The van der Waals surface area contributed by atoms with Gasteiger partial charge in [0.1, 0.15) is 5.82 Å². The molecule has 0 spiro atoms. The maximum atomic E-state index is 5.32. The zero-order valence-corrected chi connectivity index (χ0v) is 11.1. The quantitative estimate of drug-likeness (QED) is 0.846. The van der Waals surface area contributed by atoms with Gasteiger partial charge in [0.15, 0.2) is 5.76 Å². The molecule has 1 aliphatic rings. The van der Waals surface area contributed by atoms with Crippen LogP contribution in [0.25, 0.3) is 0 Å². The maximum Gasteiger partial charge on any atom is 0.150 e. The van der Waals surface area contributed by atoms with E-state index in [2.05, 4.69) is 20.0 Å². The molecular formula is C14H18N4O. The van der Waals surface area contributed by atoms with Crippen LogP contribution in [0.4, 0.5) is 0 Å². The van der Waals surface area contributed by atoms with Gasteiger partial charge in [0, 0.05) is 18.5 Å². The van der Waals surface area contributed by atoms with Gasteiger partial charge in [-0.15, -0.1) is 0 Å². The Morgan fingerprint density at radius 1 is 1.32 bits per heavy atom. The lowest BCUT2D eigenvalue weighted by molar-refractivity contribution is 0.120. The van der Waals surface area contributed by atoms with E-state index in [0.29, 0.717) is 6.04 Å². The van der Waals surface area contributed by atoms with Crippen LogP contribution < -0.4 is 0 Å². The molecule has 0 amide bonds. The van der Waals surface area contributed by atoms with E-state index in [-0.39, 0.29) is 0 Å². The fourth-order valence-corrected chi connectivity index (χ4v) is 2.65. The normalized spacial score (nSPS) is 20.6. The van der Waals surface area contributed by atoms with Gasteiger partial charge in [0.2, 0.25) is 0 Å².